The molecule has 0 fully saturated rings. The van der Waals surface area contributed by atoms with Gasteiger partial charge in [0.25, 0.3) is 6.43 Å². The van der Waals surface area contributed by atoms with Crippen molar-refractivity contribution in [1.82, 2.24) is 0 Å². The summed E-state index contributed by atoms with van der Waals surface area (Å²) in [6.07, 6.45) is 2.80. The first-order valence-electron chi connectivity index (χ1n) is 4.30. The average Bonchev–Trinajstić information content (AvgIpc) is 2.04. The Bertz CT molecular complexity index is 212. The highest BCUT2D eigenvalue weighted by molar-refractivity contribution is 5.32. The van der Waals surface area contributed by atoms with Gasteiger partial charge in [0.1, 0.15) is 0 Å². The molecule has 0 radical (unpaired) electrons. The zero-order valence-electron chi connectivity index (χ0n) is 7.48. The smallest absolute Gasteiger partial charge is 0.205 e. The van der Waals surface area contributed by atoms with Crippen molar-refractivity contribution in [3.63, 3.8) is 0 Å². The van der Waals surface area contributed by atoms with Crippen molar-refractivity contribution in [2.75, 3.05) is 0 Å². The number of hydrogen-bond acceptors (Lipinski definition) is 0. The van der Waals surface area contributed by atoms with Crippen LogP contribution >= 0.6 is 0 Å². The molecular weight excluding hydrogens is 158 g/mol. The van der Waals surface area contributed by atoms with Gasteiger partial charge in [0, 0.05) is 5.57 Å². The predicted octanol–water partition coefficient (Wildman–Crippen LogP) is 3.55. The van der Waals surface area contributed by atoms with E-state index in [1.807, 2.05) is 19.9 Å². The lowest BCUT2D eigenvalue weighted by molar-refractivity contribution is 0.191. The van der Waals surface area contributed by atoms with Crippen LogP contribution in [-0.4, -0.2) is 6.43 Å². The van der Waals surface area contributed by atoms with Gasteiger partial charge in [-0.05, 0) is 18.8 Å². The summed E-state index contributed by atoms with van der Waals surface area (Å²) in [4.78, 5) is 0. The van der Waals surface area contributed by atoms with Crippen LogP contribution in [0.15, 0.2) is 23.3 Å². The van der Waals surface area contributed by atoms with Crippen molar-refractivity contribution < 1.29 is 8.78 Å². The van der Waals surface area contributed by atoms with Crippen LogP contribution in [0.3, 0.4) is 0 Å². The first-order chi connectivity index (χ1) is 5.63. The molecule has 0 bridgehead atoms. The summed E-state index contributed by atoms with van der Waals surface area (Å²) in [7, 11) is 0. The minimum Gasteiger partial charge on any atom is -0.205 e. The number of allylic oxidation sites excluding steroid dienone is 4. The molecule has 0 aromatic carbocycles. The van der Waals surface area contributed by atoms with Crippen molar-refractivity contribution in [3.05, 3.63) is 23.3 Å². The molecule has 0 aromatic heterocycles. The van der Waals surface area contributed by atoms with E-state index in [2.05, 4.69) is 0 Å². The largest absolute Gasteiger partial charge is 0.263 e. The van der Waals surface area contributed by atoms with E-state index in [1.165, 1.54) is 0 Å². The van der Waals surface area contributed by atoms with Crippen molar-refractivity contribution >= 4 is 0 Å². The standard InChI is InChI=1S/C10H14F2/c1-7(2)8-5-3-4-6-9(8)10(11)12/h4,6-7,10H,3,5H2,1-2H3. The fraction of sp³-hybridized carbons (Fsp3) is 0.600. The van der Waals surface area contributed by atoms with Gasteiger partial charge in [-0.1, -0.05) is 31.6 Å². The molecule has 0 amide bonds. The lowest BCUT2D eigenvalue weighted by atomic mass is 9.89. The normalized spacial score (nSPS) is 18.2. The SMILES string of the molecule is CC(C)C1=C(C(F)F)C=CCC1. The summed E-state index contributed by atoms with van der Waals surface area (Å²) in [6.45, 7) is 3.94. The molecule has 0 nitrogen and oxygen atoms in total. The van der Waals surface area contributed by atoms with Gasteiger partial charge in [0.15, 0.2) is 0 Å². The highest BCUT2D eigenvalue weighted by Gasteiger charge is 2.18. The van der Waals surface area contributed by atoms with E-state index in [-0.39, 0.29) is 11.5 Å². The summed E-state index contributed by atoms with van der Waals surface area (Å²) in [6, 6.07) is 0. The van der Waals surface area contributed by atoms with E-state index >= 15 is 0 Å². The molecule has 0 aromatic rings. The highest BCUT2D eigenvalue weighted by Crippen LogP contribution is 2.28. The van der Waals surface area contributed by atoms with Gasteiger partial charge in [0.2, 0.25) is 0 Å². The topological polar surface area (TPSA) is 0 Å². The first kappa shape index (κ1) is 9.43. The van der Waals surface area contributed by atoms with E-state index in [4.69, 9.17) is 0 Å². The zero-order valence-corrected chi connectivity index (χ0v) is 7.48. The third-order valence-electron chi connectivity index (χ3n) is 2.18. The van der Waals surface area contributed by atoms with Crippen LogP contribution in [0, 0.1) is 5.92 Å². The van der Waals surface area contributed by atoms with Crippen LogP contribution in [0.1, 0.15) is 26.7 Å². The highest BCUT2D eigenvalue weighted by atomic mass is 19.3. The lowest BCUT2D eigenvalue weighted by Gasteiger charge is -2.18. The monoisotopic (exact) mass is 172 g/mol. The van der Waals surface area contributed by atoms with Crippen molar-refractivity contribution in [2.24, 2.45) is 5.92 Å². The van der Waals surface area contributed by atoms with Gasteiger partial charge < -0.3 is 0 Å². The Morgan fingerprint density at radius 2 is 2.00 bits per heavy atom. The molecule has 12 heavy (non-hydrogen) atoms. The second-order valence-corrected chi connectivity index (χ2v) is 3.38. The first-order valence-corrected chi connectivity index (χ1v) is 4.30. The number of rotatable bonds is 2. The average molecular weight is 172 g/mol. The van der Waals surface area contributed by atoms with E-state index < -0.39 is 6.43 Å². The van der Waals surface area contributed by atoms with Gasteiger partial charge >= 0.3 is 0 Å². The summed E-state index contributed by atoms with van der Waals surface area (Å²) in [5.74, 6) is 0.249. The third-order valence-corrected chi connectivity index (χ3v) is 2.18. The molecule has 0 aliphatic heterocycles. The number of halogens is 2. The molecule has 0 saturated heterocycles. The molecule has 0 N–H and O–H groups in total. The maximum absolute atomic E-state index is 12.4. The summed E-state index contributed by atoms with van der Waals surface area (Å²) >= 11 is 0. The van der Waals surface area contributed by atoms with Crippen LogP contribution in [0.4, 0.5) is 8.78 Å². The van der Waals surface area contributed by atoms with E-state index in [0.29, 0.717) is 0 Å². The fourth-order valence-electron chi connectivity index (χ4n) is 1.54. The molecule has 0 unspecified atom stereocenters. The molecule has 0 spiro atoms. The second kappa shape index (κ2) is 3.83. The van der Waals surface area contributed by atoms with Gasteiger partial charge in [-0.2, -0.15) is 0 Å². The Labute approximate surface area is 72.0 Å². The molecule has 1 aliphatic carbocycles. The minimum absolute atomic E-state index is 0.247. The van der Waals surface area contributed by atoms with Gasteiger partial charge in [-0.15, -0.1) is 0 Å². The Balaban J connectivity index is 2.92. The van der Waals surface area contributed by atoms with E-state index in [9.17, 15) is 8.78 Å². The molecule has 0 atom stereocenters. The predicted molar refractivity (Wildman–Crippen MR) is 46.2 cm³/mol. The van der Waals surface area contributed by atoms with Crippen LogP contribution < -0.4 is 0 Å². The Morgan fingerprint density at radius 1 is 1.33 bits per heavy atom. The molecule has 68 valence electrons. The maximum atomic E-state index is 12.4. The molecule has 1 rings (SSSR count). The van der Waals surface area contributed by atoms with Gasteiger partial charge in [0.05, 0.1) is 0 Å². The summed E-state index contributed by atoms with van der Waals surface area (Å²) in [5, 5.41) is 0. The van der Waals surface area contributed by atoms with Gasteiger partial charge in [-0.3, -0.25) is 0 Å². The van der Waals surface area contributed by atoms with E-state index in [1.54, 1.807) is 6.08 Å². The van der Waals surface area contributed by atoms with Gasteiger partial charge in [-0.25, -0.2) is 8.78 Å². The molecule has 0 saturated carbocycles. The van der Waals surface area contributed by atoms with E-state index in [0.717, 1.165) is 18.4 Å². The molecule has 1 aliphatic rings. The van der Waals surface area contributed by atoms with Crippen LogP contribution in [0.5, 0.6) is 0 Å². The summed E-state index contributed by atoms with van der Waals surface area (Å²) in [5.41, 5.74) is 1.17. The second-order valence-electron chi connectivity index (χ2n) is 3.38. The summed E-state index contributed by atoms with van der Waals surface area (Å²) < 4.78 is 24.8. The van der Waals surface area contributed by atoms with Crippen LogP contribution in [0.25, 0.3) is 0 Å². The fourth-order valence-corrected chi connectivity index (χ4v) is 1.54. The Kier molecular flexibility index (Phi) is 3.01. The third kappa shape index (κ3) is 1.93. The number of alkyl halides is 2. The van der Waals surface area contributed by atoms with Crippen molar-refractivity contribution in [2.45, 2.75) is 33.1 Å². The molecule has 2 heteroatoms. The quantitative estimate of drug-likeness (QED) is 0.597. The Hall–Kier alpha value is -0.660. The minimum atomic E-state index is -2.31. The lowest BCUT2D eigenvalue weighted by Crippen LogP contribution is -2.07. The molecular formula is C10H14F2. The maximum Gasteiger partial charge on any atom is 0.263 e. The van der Waals surface area contributed by atoms with Crippen LogP contribution in [-0.2, 0) is 0 Å². The van der Waals surface area contributed by atoms with Crippen LogP contribution in [0.2, 0.25) is 0 Å². The zero-order chi connectivity index (χ0) is 9.14. The number of hydrogen-bond donors (Lipinski definition) is 0. The van der Waals surface area contributed by atoms with Crippen molar-refractivity contribution in [1.29, 1.82) is 0 Å². The Morgan fingerprint density at radius 3 is 2.42 bits per heavy atom. The van der Waals surface area contributed by atoms with Crippen molar-refractivity contribution in [3.8, 4) is 0 Å². The molecule has 0 heterocycles.